The lowest BCUT2D eigenvalue weighted by molar-refractivity contribution is -0.117. The normalized spacial score (nSPS) is 18.5. The molecular formula is C13H12BrCl2NO3. The van der Waals surface area contributed by atoms with Crippen molar-refractivity contribution in [3.8, 4) is 0 Å². The van der Waals surface area contributed by atoms with E-state index in [1.165, 1.54) is 13.2 Å². The van der Waals surface area contributed by atoms with Crippen LogP contribution in [0.2, 0.25) is 5.02 Å². The van der Waals surface area contributed by atoms with Crippen LogP contribution in [0.25, 0.3) is 0 Å². The molecule has 0 spiro atoms. The minimum Gasteiger partial charge on any atom is -0.465 e. The fourth-order valence-corrected chi connectivity index (χ4v) is 3.48. The molecule has 1 atom stereocenters. The molecular weight excluding hydrogens is 369 g/mol. The molecule has 1 aromatic carbocycles. The zero-order valence-corrected chi connectivity index (χ0v) is 13.8. The highest BCUT2D eigenvalue weighted by molar-refractivity contribution is 9.10. The number of anilines is 1. The van der Waals surface area contributed by atoms with Crippen LogP contribution in [0.15, 0.2) is 16.6 Å². The minimum atomic E-state index is -0.481. The van der Waals surface area contributed by atoms with Gasteiger partial charge in [-0.15, -0.1) is 11.6 Å². The molecule has 1 saturated heterocycles. The number of halogens is 3. The van der Waals surface area contributed by atoms with E-state index in [0.717, 1.165) is 0 Å². The first kappa shape index (κ1) is 15.6. The number of ether oxygens (including phenoxy) is 1. The lowest BCUT2D eigenvalue weighted by Gasteiger charge is -2.20. The summed E-state index contributed by atoms with van der Waals surface area (Å²) in [4.78, 5) is 25.1. The molecule has 2 rings (SSSR count). The standard InChI is InChI=1S/C13H12BrCl2NO3/c1-20-13(19)8-3-9(14)12(10(16)4-8)17-6-7(5-15)2-11(17)18/h3-4,7H,2,5-6H2,1H3. The Morgan fingerprint density at radius 2 is 2.25 bits per heavy atom. The van der Waals surface area contributed by atoms with E-state index in [9.17, 15) is 9.59 Å². The van der Waals surface area contributed by atoms with Gasteiger partial charge in [-0.2, -0.15) is 0 Å². The van der Waals surface area contributed by atoms with Gasteiger partial charge in [0.15, 0.2) is 0 Å². The van der Waals surface area contributed by atoms with Crippen LogP contribution in [0.4, 0.5) is 5.69 Å². The van der Waals surface area contributed by atoms with E-state index in [1.54, 1.807) is 11.0 Å². The van der Waals surface area contributed by atoms with Gasteiger partial charge in [0.05, 0.1) is 23.4 Å². The molecule has 0 aromatic heterocycles. The molecule has 7 heteroatoms. The highest BCUT2D eigenvalue weighted by Crippen LogP contribution is 2.38. The molecule has 1 aromatic rings. The van der Waals surface area contributed by atoms with Gasteiger partial charge in [0, 0.05) is 23.3 Å². The van der Waals surface area contributed by atoms with Crippen LogP contribution in [0.5, 0.6) is 0 Å². The molecule has 1 aliphatic heterocycles. The van der Waals surface area contributed by atoms with Gasteiger partial charge in [-0.25, -0.2) is 4.79 Å². The Kier molecular flexibility index (Phi) is 4.94. The third-order valence-corrected chi connectivity index (χ3v) is 4.46. The number of rotatable bonds is 3. The Morgan fingerprint density at radius 1 is 1.55 bits per heavy atom. The van der Waals surface area contributed by atoms with Crippen LogP contribution in [0, 0.1) is 5.92 Å². The van der Waals surface area contributed by atoms with Crippen molar-refractivity contribution in [2.45, 2.75) is 6.42 Å². The average Bonchev–Trinajstić information content (AvgIpc) is 2.78. The van der Waals surface area contributed by atoms with Crippen LogP contribution in [0.1, 0.15) is 16.8 Å². The van der Waals surface area contributed by atoms with E-state index in [-0.39, 0.29) is 11.8 Å². The molecule has 1 amide bonds. The first-order valence-electron chi connectivity index (χ1n) is 5.91. The number of hydrogen-bond donors (Lipinski definition) is 0. The molecule has 0 bridgehead atoms. The van der Waals surface area contributed by atoms with E-state index < -0.39 is 5.97 Å². The Morgan fingerprint density at radius 3 is 2.75 bits per heavy atom. The first-order chi connectivity index (χ1) is 9.47. The monoisotopic (exact) mass is 379 g/mol. The number of hydrogen-bond acceptors (Lipinski definition) is 3. The molecule has 1 unspecified atom stereocenters. The number of methoxy groups -OCH3 is 1. The summed E-state index contributed by atoms with van der Waals surface area (Å²) in [5.74, 6) is 0.0413. The number of carbonyl (C=O) groups excluding carboxylic acids is 2. The van der Waals surface area contributed by atoms with E-state index in [2.05, 4.69) is 20.7 Å². The maximum absolute atomic E-state index is 12.0. The third-order valence-electron chi connectivity index (χ3n) is 3.13. The maximum atomic E-state index is 12.0. The van der Waals surface area contributed by atoms with Gasteiger partial charge in [0.1, 0.15) is 0 Å². The van der Waals surface area contributed by atoms with Crippen molar-refractivity contribution in [1.82, 2.24) is 0 Å². The lowest BCUT2D eigenvalue weighted by atomic mass is 10.1. The SMILES string of the molecule is COC(=O)c1cc(Cl)c(N2CC(CCl)CC2=O)c(Br)c1. The molecule has 0 radical (unpaired) electrons. The van der Waals surface area contributed by atoms with Crippen molar-refractivity contribution in [3.05, 3.63) is 27.2 Å². The molecule has 1 heterocycles. The summed E-state index contributed by atoms with van der Waals surface area (Å²) in [6, 6.07) is 3.09. The van der Waals surface area contributed by atoms with Crippen LogP contribution in [0.3, 0.4) is 0 Å². The Labute approximate surface area is 135 Å². The fourth-order valence-electron chi connectivity index (χ4n) is 2.16. The smallest absolute Gasteiger partial charge is 0.337 e. The lowest BCUT2D eigenvalue weighted by Crippen LogP contribution is -2.25. The Hall–Kier alpha value is -0.780. The zero-order chi connectivity index (χ0) is 14.9. The molecule has 20 heavy (non-hydrogen) atoms. The fraction of sp³-hybridized carbons (Fsp3) is 0.385. The second-order valence-corrected chi connectivity index (χ2v) is 6.08. The summed E-state index contributed by atoms with van der Waals surface area (Å²) >= 11 is 15.4. The van der Waals surface area contributed by atoms with Crippen LogP contribution < -0.4 is 4.90 Å². The Balaban J connectivity index is 2.38. The maximum Gasteiger partial charge on any atom is 0.337 e. The third kappa shape index (κ3) is 2.95. The first-order valence-corrected chi connectivity index (χ1v) is 7.62. The molecule has 0 aliphatic carbocycles. The van der Waals surface area contributed by atoms with Crippen molar-refractivity contribution < 1.29 is 14.3 Å². The predicted molar refractivity (Wildman–Crippen MR) is 81.7 cm³/mol. The number of esters is 1. The molecule has 0 saturated carbocycles. The number of amides is 1. The van der Waals surface area contributed by atoms with Crippen molar-refractivity contribution in [2.24, 2.45) is 5.92 Å². The molecule has 108 valence electrons. The van der Waals surface area contributed by atoms with E-state index in [0.29, 0.717) is 39.6 Å². The molecule has 1 aliphatic rings. The Bertz CT molecular complexity index is 542. The van der Waals surface area contributed by atoms with Crippen LogP contribution in [-0.2, 0) is 9.53 Å². The quantitative estimate of drug-likeness (QED) is 0.595. The summed E-state index contributed by atoms with van der Waals surface area (Å²) in [6.45, 7) is 0.526. The molecule has 0 N–H and O–H groups in total. The summed E-state index contributed by atoms with van der Waals surface area (Å²) in [6.07, 6.45) is 0.408. The zero-order valence-electron chi connectivity index (χ0n) is 10.7. The molecule has 4 nitrogen and oxygen atoms in total. The van der Waals surface area contributed by atoms with E-state index in [4.69, 9.17) is 23.2 Å². The van der Waals surface area contributed by atoms with Gasteiger partial charge in [-0.1, -0.05) is 11.6 Å². The van der Waals surface area contributed by atoms with Gasteiger partial charge in [-0.05, 0) is 34.0 Å². The second-order valence-electron chi connectivity index (χ2n) is 4.51. The van der Waals surface area contributed by atoms with Crippen molar-refractivity contribution in [3.63, 3.8) is 0 Å². The average molecular weight is 381 g/mol. The van der Waals surface area contributed by atoms with Crippen molar-refractivity contribution in [2.75, 3.05) is 24.4 Å². The topological polar surface area (TPSA) is 46.6 Å². The highest BCUT2D eigenvalue weighted by atomic mass is 79.9. The summed E-state index contributed by atoms with van der Waals surface area (Å²) in [5.41, 5.74) is 0.894. The van der Waals surface area contributed by atoms with Crippen LogP contribution >= 0.6 is 39.1 Å². The number of alkyl halides is 1. The largest absolute Gasteiger partial charge is 0.465 e. The molecule has 1 fully saturated rings. The van der Waals surface area contributed by atoms with Crippen molar-refractivity contribution in [1.29, 1.82) is 0 Å². The number of benzene rings is 1. The highest BCUT2D eigenvalue weighted by Gasteiger charge is 2.32. The van der Waals surface area contributed by atoms with Crippen molar-refractivity contribution >= 4 is 56.7 Å². The second kappa shape index (κ2) is 6.33. The van der Waals surface area contributed by atoms with Gasteiger partial charge in [-0.3, -0.25) is 4.79 Å². The van der Waals surface area contributed by atoms with Gasteiger partial charge < -0.3 is 9.64 Å². The van der Waals surface area contributed by atoms with Gasteiger partial charge in [0.2, 0.25) is 5.91 Å². The summed E-state index contributed by atoms with van der Waals surface area (Å²) in [5, 5.41) is 0.323. The number of carbonyl (C=O) groups is 2. The predicted octanol–water partition coefficient (Wildman–Crippen LogP) is 3.48. The van der Waals surface area contributed by atoms with Gasteiger partial charge >= 0.3 is 5.97 Å². The summed E-state index contributed by atoms with van der Waals surface area (Å²) < 4.78 is 5.23. The van der Waals surface area contributed by atoms with E-state index in [1.807, 2.05) is 0 Å². The van der Waals surface area contributed by atoms with Gasteiger partial charge in [0.25, 0.3) is 0 Å². The number of nitrogens with zero attached hydrogens (tertiary/aromatic N) is 1. The minimum absolute atomic E-state index is 0.0240. The summed E-state index contributed by atoms with van der Waals surface area (Å²) in [7, 11) is 1.30. The van der Waals surface area contributed by atoms with Crippen LogP contribution in [-0.4, -0.2) is 31.4 Å². The van der Waals surface area contributed by atoms with E-state index >= 15 is 0 Å².